The lowest BCUT2D eigenvalue weighted by Crippen LogP contribution is -2.30. The van der Waals surface area contributed by atoms with Crippen LogP contribution in [0.25, 0.3) is 23.0 Å². The molecule has 3 aromatic carbocycles. The number of imide groups is 1. The van der Waals surface area contributed by atoms with E-state index >= 15 is 0 Å². The van der Waals surface area contributed by atoms with Gasteiger partial charge in [0.2, 0.25) is 0 Å². The molecule has 0 saturated carbocycles. The van der Waals surface area contributed by atoms with Gasteiger partial charge in [-0.1, -0.05) is 42.5 Å². The summed E-state index contributed by atoms with van der Waals surface area (Å²) in [6.45, 7) is -0.265. The van der Waals surface area contributed by atoms with Crippen LogP contribution in [0.5, 0.6) is 0 Å². The first-order chi connectivity index (χ1) is 18.1. The minimum Gasteiger partial charge on any atom is -0.303 e. The van der Waals surface area contributed by atoms with Crippen molar-refractivity contribution < 1.29 is 27.2 Å². The Balaban J connectivity index is 1.50. The largest absolute Gasteiger partial charge is 0.416 e. The van der Waals surface area contributed by atoms with Gasteiger partial charge in [-0.25, -0.2) is 13.9 Å². The molecular weight excluding hydrogens is 504 g/mol. The minimum atomic E-state index is -4.51. The Morgan fingerprint density at radius 2 is 1.50 bits per heavy atom. The van der Waals surface area contributed by atoms with E-state index in [0.717, 1.165) is 17.0 Å². The number of nitrogens with zero attached hydrogens (tertiary/aromatic N) is 2. The Labute approximate surface area is 212 Å². The highest BCUT2D eigenvalue weighted by Gasteiger charge is 2.35. The lowest BCUT2D eigenvalue weighted by atomic mass is 10.1. The number of hydrogen-bond donors (Lipinski definition) is 2. The lowest BCUT2D eigenvalue weighted by Gasteiger charge is -2.13. The molecule has 0 radical (unpaired) electrons. The quantitative estimate of drug-likeness (QED) is 0.218. The van der Waals surface area contributed by atoms with Crippen molar-refractivity contribution in [1.82, 2.24) is 20.0 Å². The Bertz CT molecular complexity index is 1600. The third-order valence-electron chi connectivity index (χ3n) is 5.95. The molecule has 2 heterocycles. The molecule has 192 valence electrons. The first kappa shape index (κ1) is 24.8. The van der Waals surface area contributed by atoms with Crippen LogP contribution in [-0.2, 0) is 17.5 Å². The number of nitrogens with one attached hydrogen (secondary N) is 2. The zero-order valence-electron chi connectivity index (χ0n) is 19.4. The molecule has 4 aromatic rings. The average Bonchev–Trinajstić information content (AvgIpc) is 3.36. The lowest BCUT2D eigenvalue weighted by molar-refractivity contribution is -0.137. The molecule has 1 fully saturated rings. The second kappa shape index (κ2) is 9.51. The summed E-state index contributed by atoms with van der Waals surface area (Å²) in [7, 11) is 0. The molecular formula is C27H18F4N4O3. The third kappa shape index (κ3) is 4.73. The molecule has 3 amide bonds. The maximum atomic E-state index is 13.4. The van der Waals surface area contributed by atoms with Crippen LogP contribution in [0.3, 0.4) is 0 Å². The highest BCUT2D eigenvalue weighted by Crippen LogP contribution is 2.30. The number of amides is 3. The van der Waals surface area contributed by atoms with E-state index in [1.807, 2.05) is 0 Å². The summed E-state index contributed by atoms with van der Waals surface area (Å²) >= 11 is 0. The maximum absolute atomic E-state index is 13.4. The molecule has 2 N–H and O–H groups in total. The predicted octanol–water partition coefficient (Wildman–Crippen LogP) is 5.08. The molecule has 0 atom stereocenters. The predicted molar refractivity (Wildman–Crippen MR) is 130 cm³/mol. The number of H-pyrrole nitrogens is 1. The summed E-state index contributed by atoms with van der Waals surface area (Å²) < 4.78 is 53.1. The van der Waals surface area contributed by atoms with Crippen molar-refractivity contribution >= 4 is 18.0 Å². The Morgan fingerprint density at radius 3 is 2.13 bits per heavy atom. The van der Waals surface area contributed by atoms with E-state index in [1.54, 1.807) is 30.3 Å². The van der Waals surface area contributed by atoms with Crippen molar-refractivity contribution in [2.45, 2.75) is 12.7 Å². The number of aromatic amines is 1. The Kier molecular flexibility index (Phi) is 6.19. The fraction of sp³-hybridized carbons (Fsp3) is 0.0741. The van der Waals surface area contributed by atoms with Gasteiger partial charge >= 0.3 is 12.2 Å². The Hall–Kier alpha value is -4.93. The van der Waals surface area contributed by atoms with Crippen molar-refractivity contribution in [2.24, 2.45) is 0 Å². The average molecular weight is 522 g/mol. The number of urea groups is 1. The number of aromatic nitrogens is 2. The molecule has 1 aliphatic rings. The summed E-state index contributed by atoms with van der Waals surface area (Å²) in [5, 5.41) is 5.41. The van der Waals surface area contributed by atoms with Crippen LogP contribution in [0.1, 0.15) is 16.7 Å². The molecule has 1 saturated heterocycles. The highest BCUT2D eigenvalue weighted by atomic mass is 19.4. The second-order valence-corrected chi connectivity index (χ2v) is 8.46. The molecule has 38 heavy (non-hydrogen) atoms. The van der Waals surface area contributed by atoms with E-state index in [1.165, 1.54) is 47.2 Å². The molecule has 1 aromatic heterocycles. The van der Waals surface area contributed by atoms with Crippen LogP contribution < -0.4 is 10.9 Å². The van der Waals surface area contributed by atoms with Crippen LogP contribution in [0, 0.1) is 5.82 Å². The van der Waals surface area contributed by atoms with Crippen molar-refractivity contribution in [3.8, 4) is 16.9 Å². The number of hydrogen-bond acceptors (Lipinski definition) is 3. The minimum absolute atomic E-state index is 0.0700. The van der Waals surface area contributed by atoms with Crippen LogP contribution in [0.15, 0.2) is 89.4 Å². The van der Waals surface area contributed by atoms with Gasteiger partial charge in [-0.3, -0.25) is 19.6 Å². The standard InChI is InChI=1S/C27H18F4N4O3/c28-19-10-12-20(13-11-19)35-24(36)21(23(33-35)17-4-2-1-3-5-17)14-22-25(37)34(26(38)32-22)15-16-6-8-18(9-7-16)27(29,30)31/h1-14,33H,15H2,(H,32,38). The van der Waals surface area contributed by atoms with Gasteiger partial charge < -0.3 is 5.32 Å². The second-order valence-electron chi connectivity index (χ2n) is 8.46. The van der Waals surface area contributed by atoms with E-state index < -0.39 is 35.1 Å². The van der Waals surface area contributed by atoms with Gasteiger partial charge in [0.1, 0.15) is 11.5 Å². The molecule has 0 unspecified atom stereocenters. The van der Waals surface area contributed by atoms with E-state index in [2.05, 4.69) is 10.4 Å². The first-order valence-electron chi connectivity index (χ1n) is 11.3. The van der Waals surface area contributed by atoms with Gasteiger partial charge in [0.15, 0.2) is 0 Å². The normalized spacial score (nSPS) is 14.8. The third-order valence-corrected chi connectivity index (χ3v) is 5.95. The van der Waals surface area contributed by atoms with Crippen LogP contribution in [0.2, 0.25) is 0 Å². The van der Waals surface area contributed by atoms with Crippen LogP contribution in [-0.4, -0.2) is 26.6 Å². The first-order valence-corrected chi connectivity index (χ1v) is 11.3. The maximum Gasteiger partial charge on any atom is 0.416 e. The molecule has 0 aliphatic carbocycles. The molecule has 1 aliphatic heterocycles. The van der Waals surface area contributed by atoms with Crippen molar-refractivity contribution in [3.05, 3.63) is 117 Å². The van der Waals surface area contributed by atoms with Gasteiger partial charge in [-0.2, -0.15) is 13.2 Å². The molecule has 0 bridgehead atoms. The van der Waals surface area contributed by atoms with E-state index in [4.69, 9.17) is 0 Å². The fourth-order valence-electron chi connectivity index (χ4n) is 4.02. The summed E-state index contributed by atoms with van der Waals surface area (Å²) in [6, 6.07) is 17.3. The van der Waals surface area contributed by atoms with E-state index in [0.29, 0.717) is 22.5 Å². The number of carbonyl (C=O) groups excluding carboxylic acids is 2. The monoisotopic (exact) mass is 522 g/mol. The van der Waals surface area contributed by atoms with E-state index in [9.17, 15) is 31.9 Å². The number of benzene rings is 3. The number of alkyl halides is 3. The van der Waals surface area contributed by atoms with Crippen molar-refractivity contribution in [3.63, 3.8) is 0 Å². The fourth-order valence-corrected chi connectivity index (χ4v) is 4.02. The summed E-state index contributed by atoms with van der Waals surface area (Å²) in [5.74, 6) is -1.23. The molecule has 0 spiro atoms. The summed E-state index contributed by atoms with van der Waals surface area (Å²) in [4.78, 5) is 39.8. The molecule has 5 rings (SSSR count). The van der Waals surface area contributed by atoms with Gasteiger partial charge in [0.25, 0.3) is 11.5 Å². The topological polar surface area (TPSA) is 87.2 Å². The Morgan fingerprint density at radius 1 is 0.842 bits per heavy atom. The number of rotatable bonds is 5. The van der Waals surface area contributed by atoms with Crippen molar-refractivity contribution in [1.29, 1.82) is 0 Å². The van der Waals surface area contributed by atoms with Crippen LogP contribution in [0.4, 0.5) is 22.4 Å². The summed E-state index contributed by atoms with van der Waals surface area (Å²) in [5.41, 5.74) is 0.133. The van der Waals surface area contributed by atoms with Gasteiger partial charge in [-0.15, -0.1) is 0 Å². The number of halogens is 4. The summed E-state index contributed by atoms with van der Waals surface area (Å²) in [6.07, 6.45) is -3.27. The van der Waals surface area contributed by atoms with E-state index in [-0.39, 0.29) is 17.8 Å². The molecule has 11 heteroatoms. The highest BCUT2D eigenvalue weighted by molar-refractivity contribution is 6.14. The zero-order chi connectivity index (χ0) is 27.0. The molecule has 7 nitrogen and oxygen atoms in total. The van der Waals surface area contributed by atoms with Gasteiger partial charge in [-0.05, 0) is 48.0 Å². The zero-order valence-corrected chi connectivity index (χ0v) is 19.4. The smallest absolute Gasteiger partial charge is 0.303 e. The SMILES string of the molecule is O=C1NC(=Cc2c(-c3ccccc3)[nH]n(-c3ccc(F)cc3)c2=O)C(=O)N1Cc1ccc(C(F)(F)F)cc1. The van der Waals surface area contributed by atoms with Gasteiger partial charge in [0, 0.05) is 5.56 Å². The van der Waals surface area contributed by atoms with Gasteiger partial charge in [0.05, 0.1) is 29.1 Å². The number of carbonyl (C=O) groups is 2. The van der Waals surface area contributed by atoms with Crippen molar-refractivity contribution in [2.75, 3.05) is 0 Å². The van der Waals surface area contributed by atoms with Crippen LogP contribution >= 0.6 is 0 Å².